The highest BCUT2D eigenvalue weighted by Gasteiger charge is 2.33. The summed E-state index contributed by atoms with van der Waals surface area (Å²) >= 11 is 0. The van der Waals surface area contributed by atoms with Gasteiger partial charge in [-0.1, -0.05) is 66.5 Å². The predicted molar refractivity (Wildman–Crippen MR) is 161 cm³/mol. The first kappa shape index (κ1) is 35.8. The van der Waals surface area contributed by atoms with Gasteiger partial charge in [0, 0.05) is 30.2 Å². The van der Waals surface area contributed by atoms with Crippen LogP contribution in [0.1, 0.15) is 55.6 Å². The molecule has 3 aromatic rings. The van der Waals surface area contributed by atoms with Crippen LogP contribution >= 0.6 is 0 Å². The zero-order chi connectivity index (χ0) is 34.6. The lowest BCUT2D eigenvalue weighted by molar-refractivity contribution is -0.137. The maximum atomic E-state index is 14.2. The molecule has 1 aliphatic carbocycles. The molecule has 10 nitrogen and oxygen atoms in total. The number of hydrogen-bond donors (Lipinski definition) is 1. The Morgan fingerprint density at radius 1 is 0.812 bits per heavy atom. The van der Waals surface area contributed by atoms with Gasteiger partial charge < -0.3 is 19.5 Å². The summed E-state index contributed by atoms with van der Waals surface area (Å²) in [4.78, 5) is 40.6. The fraction of sp³-hybridized carbons (Fsp3) is 0.364. The van der Waals surface area contributed by atoms with E-state index in [0.29, 0.717) is 12.8 Å². The molecule has 1 unspecified atom stereocenters. The topological polar surface area (TPSA) is 140 Å². The third-order valence-electron chi connectivity index (χ3n) is 7.66. The van der Waals surface area contributed by atoms with Crippen LogP contribution in [-0.2, 0) is 19.1 Å². The van der Waals surface area contributed by atoms with Crippen molar-refractivity contribution in [3.05, 3.63) is 99.2 Å². The molecule has 0 heterocycles. The van der Waals surface area contributed by atoms with Crippen LogP contribution in [0.3, 0.4) is 0 Å². The van der Waals surface area contributed by atoms with Crippen molar-refractivity contribution < 1.29 is 50.5 Å². The zero-order valence-corrected chi connectivity index (χ0v) is 25.5. The largest absolute Gasteiger partial charge is 0.449 e. The predicted octanol–water partition coefficient (Wildman–Crippen LogP) is 7.43. The Hall–Kier alpha value is -5.01. The van der Waals surface area contributed by atoms with Crippen LogP contribution in [0.25, 0.3) is 21.6 Å². The third kappa shape index (κ3) is 8.87. The van der Waals surface area contributed by atoms with Gasteiger partial charge in [-0.25, -0.2) is 22.8 Å². The second-order valence-electron chi connectivity index (χ2n) is 10.8. The zero-order valence-electron chi connectivity index (χ0n) is 25.5. The van der Waals surface area contributed by atoms with Crippen molar-refractivity contribution in [1.29, 1.82) is 0 Å². The Balaban J connectivity index is 1.37. The van der Waals surface area contributed by atoms with Crippen LogP contribution in [0, 0.1) is 29.1 Å². The number of azide groups is 1. The minimum Gasteiger partial charge on any atom is -0.449 e. The molecule has 1 atom stereocenters. The smallest absolute Gasteiger partial charge is 0.407 e. The lowest BCUT2D eigenvalue weighted by Gasteiger charge is -2.19. The van der Waals surface area contributed by atoms with E-state index >= 15 is 0 Å². The number of Topliss-reactive ketones (excluding diaryl/α,β-unsaturated/α-hetero) is 1. The Morgan fingerprint density at radius 2 is 1.42 bits per heavy atom. The lowest BCUT2D eigenvalue weighted by Crippen LogP contribution is -2.43. The van der Waals surface area contributed by atoms with Gasteiger partial charge >= 0.3 is 12.1 Å². The van der Waals surface area contributed by atoms with Gasteiger partial charge in [-0.05, 0) is 40.6 Å². The molecular weight excluding hydrogens is 643 g/mol. The molecule has 1 amide bonds. The average molecular weight is 675 g/mol. The molecule has 0 bridgehead atoms. The summed E-state index contributed by atoms with van der Waals surface area (Å²) in [6.07, 6.45) is 0.0394. The molecule has 0 radical (unpaired) electrons. The Labute approximate surface area is 271 Å². The van der Waals surface area contributed by atoms with Gasteiger partial charge in [0.2, 0.25) is 34.8 Å². The van der Waals surface area contributed by atoms with E-state index in [1.165, 1.54) is 0 Å². The van der Waals surface area contributed by atoms with Crippen LogP contribution in [0.4, 0.5) is 26.7 Å². The second-order valence-corrected chi connectivity index (χ2v) is 10.8. The number of esters is 1. The number of carbonyl (C=O) groups excluding carboxylic acids is 3. The Bertz CT molecular complexity index is 1630. The molecule has 0 aromatic heterocycles. The van der Waals surface area contributed by atoms with E-state index < -0.39 is 52.9 Å². The van der Waals surface area contributed by atoms with E-state index in [1.54, 1.807) is 0 Å². The van der Waals surface area contributed by atoms with Crippen molar-refractivity contribution >= 4 is 17.8 Å². The lowest BCUT2D eigenvalue weighted by atomic mass is 9.98. The second kappa shape index (κ2) is 17.2. The number of fused-ring (bicyclic) bond motifs is 3. The van der Waals surface area contributed by atoms with Crippen molar-refractivity contribution in [2.45, 2.75) is 50.5 Å². The van der Waals surface area contributed by atoms with Gasteiger partial charge in [0.15, 0.2) is 0 Å². The number of nitrogens with one attached hydrogen (secondary N) is 1. The molecule has 254 valence electrons. The molecule has 15 heteroatoms. The van der Waals surface area contributed by atoms with E-state index in [2.05, 4.69) is 20.1 Å². The van der Waals surface area contributed by atoms with Gasteiger partial charge in [-0.2, -0.15) is 8.78 Å². The van der Waals surface area contributed by atoms with Gasteiger partial charge in [0.1, 0.15) is 18.4 Å². The summed E-state index contributed by atoms with van der Waals surface area (Å²) < 4.78 is 84.7. The molecule has 3 aromatic carbocycles. The van der Waals surface area contributed by atoms with E-state index in [-0.39, 0.29) is 63.7 Å². The first-order chi connectivity index (χ1) is 23.1. The number of ketones is 1. The summed E-state index contributed by atoms with van der Waals surface area (Å²) in [5, 5.41) is 5.59. The number of hydrogen-bond acceptors (Lipinski definition) is 7. The van der Waals surface area contributed by atoms with Crippen LogP contribution in [-0.4, -0.2) is 50.3 Å². The number of alkyl carbamates (subject to hydrolysis) is 1. The molecule has 1 aliphatic rings. The fourth-order valence-corrected chi connectivity index (χ4v) is 5.29. The molecule has 48 heavy (non-hydrogen) atoms. The van der Waals surface area contributed by atoms with Gasteiger partial charge in [-0.3, -0.25) is 4.79 Å². The summed E-state index contributed by atoms with van der Waals surface area (Å²) in [5.74, 6) is -15.4. The number of nitrogens with zero attached hydrogens (tertiary/aromatic N) is 3. The van der Waals surface area contributed by atoms with E-state index in [1.807, 2.05) is 48.5 Å². The highest BCUT2D eigenvalue weighted by Crippen LogP contribution is 2.44. The average Bonchev–Trinajstić information content (AvgIpc) is 3.41. The SMILES string of the molecule is [N-]=[N+]=NCCOCCC(=O)CCCCCC(NC(=O)OCC1c2ccccc2-c2ccccc21)C(=O)Oc1c(F)c(F)c(F)c(F)c1F. The summed E-state index contributed by atoms with van der Waals surface area (Å²) in [6, 6.07) is 13.5. The van der Waals surface area contributed by atoms with Crippen molar-refractivity contribution in [1.82, 2.24) is 5.32 Å². The van der Waals surface area contributed by atoms with Gasteiger partial charge in [-0.15, -0.1) is 0 Å². The van der Waals surface area contributed by atoms with Crippen molar-refractivity contribution in [2.75, 3.05) is 26.4 Å². The van der Waals surface area contributed by atoms with Gasteiger partial charge in [0.25, 0.3) is 0 Å². The number of unbranched alkanes of at least 4 members (excludes halogenated alkanes) is 2. The van der Waals surface area contributed by atoms with Crippen molar-refractivity contribution in [3.63, 3.8) is 0 Å². The summed E-state index contributed by atoms with van der Waals surface area (Å²) in [6.45, 7) is 0.339. The maximum Gasteiger partial charge on any atom is 0.407 e. The van der Waals surface area contributed by atoms with Crippen LogP contribution in [0.15, 0.2) is 53.6 Å². The Kier molecular flexibility index (Phi) is 12.9. The highest BCUT2D eigenvalue weighted by atomic mass is 19.2. The number of amides is 1. The van der Waals surface area contributed by atoms with E-state index in [4.69, 9.17) is 15.0 Å². The van der Waals surface area contributed by atoms with Crippen molar-refractivity contribution in [3.8, 4) is 16.9 Å². The first-order valence-corrected chi connectivity index (χ1v) is 15.1. The number of rotatable bonds is 17. The molecule has 1 N–H and O–H groups in total. The van der Waals surface area contributed by atoms with E-state index in [0.717, 1.165) is 22.3 Å². The minimum absolute atomic E-state index is 0.0992. The number of benzene rings is 3. The monoisotopic (exact) mass is 674 g/mol. The molecule has 0 spiro atoms. The summed E-state index contributed by atoms with van der Waals surface area (Å²) in [5.41, 5.74) is 12.0. The summed E-state index contributed by atoms with van der Waals surface area (Å²) in [7, 11) is 0. The molecular formula is C33H31F5N4O6. The standard InChI is InChI=1S/C33H31F5N4O6/c34-26-27(35)29(37)31(30(38)28(26)36)48-32(44)25(13-3-1-2-8-19(43)14-16-46-17-15-40-42-39)41-33(45)47-18-24-22-11-6-4-9-20(22)21-10-5-7-12-23(21)24/h4-7,9-12,24-25H,1-3,8,13-18H2,(H,41,45). The number of halogens is 5. The number of carbonyl (C=O) groups is 3. The quantitative estimate of drug-likeness (QED) is 0.0182. The van der Waals surface area contributed by atoms with Crippen molar-refractivity contribution in [2.24, 2.45) is 5.11 Å². The molecule has 4 rings (SSSR count). The maximum absolute atomic E-state index is 14.2. The van der Waals surface area contributed by atoms with Crippen LogP contribution in [0.2, 0.25) is 0 Å². The molecule has 0 saturated carbocycles. The normalized spacial score (nSPS) is 12.4. The number of ether oxygens (including phenoxy) is 3. The van der Waals surface area contributed by atoms with Crippen LogP contribution < -0.4 is 10.1 Å². The highest BCUT2D eigenvalue weighted by molar-refractivity contribution is 5.83. The fourth-order valence-electron chi connectivity index (χ4n) is 5.29. The molecule has 0 saturated heterocycles. The van der Waals surface area contributed by atoms with Gasteiger partial charge in [0.05, 0.1) is 13.2 Å². The first-order valence-electron chi connectivity index (χ1n) is 15.1. The molecule has 0 fully saturated rings. The Morgan fingerprint density at radius 3 is 2.04 bits per heavy atom. The minimum atomic E-state index is -2.42. The molecule has 0 aliphatic heterocycles. The van der Waals surface area contributed by atoms with E-state index in [9.17, 15) is 36.3 Å². The van der Waals surface area contributed by atoms with Crippen LogP contribution in [0.5, 0.6) is 5.75 Å². The third-order valence-corrected chi connectivity index (χ3v) is 7.66.